The van der Waals surface area contributed by atoms with Crippen LogP contribution in [0.1, 0.15) is 58.3 Å². The lowest BCUT2D eigenvalue weighted by molar-refractivity contribution is -0.155. The van der Waals surface area contributed by atoms with Crippen LogP contribution in [0.3, 0.4) is 0 Å². The Morgan fingerprint density at radius 3 is 3.06 bits per heavy atom. The molecule has 0 bridgehead atoms. The van der Waals surface area contributed by atoms with Crippen molar-refractivity contribution in [3.05, 3.63) is 12.2 Å². The Hall–Kier alpha value is -0.830. The van der Waals surface area contributed by atoms with E-state index >= 15 is 0 Å². The topological polar surface area (TPSA) is 40.5 Å². The van der Waals surface area contributed by atoms with Gasteiger partial charge in [0.15, 0.2) is 5.72 Å². The van der Waals surface area contributed by atoms with Gasteiger partial charge in [-0.15, -0.1) is 0 Å². The summed E-state index contributed by atoms with van der Waals surface area (Å²) in [5.41, 5.74) is -0.968. The molecule has 0 aromatic carbocycles. The van der Waals surface area contributed by atoms with Crippen LogP contribution >= 0.6 is 0 Å². The largest absolute Gasteiger partial charge is 0.367 e. The van der Waals surface area contributed by atoms with Gasteiger partial charge in [-0.1, -0.05) is 32.6 Å². The molecule has 96 valence electrons. The van der Waals surface area contributed by atoms with Crippen LogP contribution in [0, 0.1) is 0 Å². The highest BCUT2D eigenvalue weighted by atomic mass is 16.3. The van der Waals surface area contributed by atoms with Crippen LogP contribution in [0.4, 0.5) is 0 Å². The molecule has 3 nitrogen and oxygen atoms in total. The maximum atomic E-state index is 11.8. The lowest BCUT2D eigenvalue weighted by Gasteiger charge is -2.43. The first-order chi connectivity index (χ1) is 8.17. The molecular formula is C14H23NO2. The van der Waals surface area contributed by atoms with Gasteiger partial charge in [0.25, 0.3) is 0 Å². The Morgan fingerprint density at radius 2 is 2.29 bits per heavy atom. The molecule has 1 saturated heterocycles. The number of aliphatic hydroxyl groups is 1. The van der Waals surface area contributed by atoms with Crippen molar-refractivity contribution in [2.24, 2.45) is 0 Å². The molecule has 17 heavy (non-hydrogen) atoms. The molecule has 2 rings (SSSR count). The summed E-state index contributed by atoms with van der Waals surface area (Å²) in [4.78, 5) is 13.5. The van der Waals surface area contributed by atoms with E-state index in [1.54, 1.807) is 11.0 Å². The second kappa shape index (κ2) is 5.21. The van der Waals surface area contributed by atoms with Crippen molar-refractivity contribution in [3.63, 3.8) is 0 Å². The molecule has 1 fully saturated rings. The van der Waals surface area contributed by atoms with Gasteiger partial charge in [0.05, 0.1) is 0 Å². The summed E-state index contributed by atoms with van der Waals surface area (Å²) in [5.74, 6) is -0.00677. The summed E-state index contributed by atoms with van der Waals surface area (Å²) >= 11 is 0. The van der Waals surface area contributed by atoms with Crippen molar-refractivity contribution in [1.82, 2.24) is 4.90 Å². The standard InChI is InChI=1S/C14H23NO2/c1-2-3-4-5-7-12-8-6-10-14(17)11-9-13(16)15(12)14/h9,11-12,17H,2-8,10H2,1H3. The van der Waals surface area contributed by atoms with E-state index in [0.717, 1.165) is 19.3 Å². The minimum atomic E-state index is -0.968. The highest BCUT2D eigenvalue weighted by molar-refractivity contribution is 5.91. The fourth-order valence-electron chi connectivity index (χ4n) is 3.06. The SMILES string of the molecule is CCCCCCC1CCCC2(O)C=CC(=O)N12. The Labute approximate surface area is 103 Å². The Kier molecular flexibility index (Phi) is 3.87. The average molecular weight is 237 g/mol. The molecule has 3 heteroatoms. The Morgan fingerprint density at radius 1 is 1.47 bits per heavy atom. The number of hydrogen-bond donors (Lipinski definition) is 1. The number of fused-ring (bicyclic) bond motifs is 1. The van der Waals surface area contributed by atoms with E-state index in [2.05, 4.69) is 6.92 Å². The molecule has 0 aliphatic carbocycles. The highest BCUT2D eigenvalue weighted by Gasteiger charge is 2.45. The molecule has 1 amide bonds. The summed E-state index contributed by atoms with van der Waals surface area (Å²) in [6.07, 6.45) is 11.9. The summed E-state index contributed by atoms with van der Waals surface area (Å²) in [5, 5.41) is 10.4. The highest BCUT2D eigenvalue weighted by Crippen LogP contribution is 2.36. The van der Waals surface area contributed by atoms with Crippen LogP contribution in [0.2, 0.25) is 0 Å². The van der Waals surface area contributed by atoms with E-state index in [0.29, 0.717) is 6.42 Å². The average Bonchev–Trinajstić information content (AvgIpc) is 2.62. The first-order valence-corrected chi connectivity index (χ1v) is 6.92. The molecular weight excluding hydrogens is 214 g/mol. The Bertz CT molecular complexity index is 313. The fourth-order valence-corrected chi connectivity index (χ4v) is 3.06. The summed E-state index contributed by atoms with van der Waals surface area (Å²) in [6, 6.07) is 0.244. The molecule has 2 aliphatic heterocycles. The van der Waals surface area contributed by atoms with Gasteiger partial charge >= 0.3 is 0 Å². The third kappa shape index (κ3) is 2.54. The van der Waals surface area contributed by atoms with E-state index in [1.165, 1.54) is 31.8 Å². The van der Waals surface area contributed by atoms with Crippen LogP contribution in [0.5, 0.6) is 0 Å². The van der Waals surface area contributed by atoms with Crippen molar-refractivity contribution in [2.45, 2.75) is 70.1 Å². The molecule has 1 N–H and O–H groups in total. The lowest BCUT2D eigenvalue weighted by Crippen LogP contribution is -2.54. The third-order valence-corrected chi connectivity index (χ3v) is 3.99. The zero-order valence-corrected chi connectivity index (χ0v) is 10.7. The molecule has 2 heterocycles. The minimum absolute atomic E-state index is 0.00677. The van der Waals surface area contributed by atoms with Gasteiger partial charge in [-0.25, -0.2) is 0 Å². The number of carbonyl (C=O) groups excluding carboxylic acids is 1. The minimum Gasteiger partial charge on any atom is -0.367 e. The van der Waals surface area contributed by atoms with E-state index in [9.17, 15) is 9.90 Å². The maximum absolute atomic E-state index is 11.8. The van der Waals surface area contributed by atoms with E-state index in [4.69, 9.17) is 0 Å². The number of hydrogen-bond acceptors (Lipinski definition) is 2. The predicted octanol–water partition coefficient (Wildman–Crippen LogP) is 2.60. The third-order valence-electron chi connectivity index (χ3n) is 3.99. The van der Waals surface area contributed by atoms with Crippen LogP contribution < -0.4 is 0 Å². The maximum Gasteiger partial charge on any atom is 0.249 e. The quantitative estimate of drug-likeness (QED) is 0.747. The number of carbonyl (C=O) groups is 1. The number of amides is 1. The first kappa shape index (κ1) is 12.6. The molecule has 2 unspecified atom stereocenters. The van der Waals surface area contributed by atoms with Gasteiger partial charge in [0.2, 0.25) is 5.91 Å². The fraction of sp³-hybridized carbons (Fsp3) is 0.786. The number of rotatable bonds is 5. The van der Waals surface area contributed by atoms with Crippen LogP contribution in [0.15, 0.2) is 12.2 Å². The van der Waals surface area contributed by atoms with Crippen molar-refractivity contribution in [3.8, 4) is 0 Å². The van der Waals surface area contributed by atoms with Gasteiger partial charge in [0, 0.05) is 12.1 Å². The molecule has 0 aromatic heterocycles. The van der Waals surface area contributed by atoms with Crippen LogP contribution in [0.25, 0.3) is 0 Å². The summed E-state index contributed by atoms with van der Waals surface area (Å²) in [6.45, 7) is 2.20. The molecule has 0 saturated carbocycles. The molecule has 2 atom stereocenters. The van der Waals surface area contributed by atoms with Crippen molar-refractivity contribution >= 4 is 5.91 Å². The van der Waals surface area contributed by atoms with E-state index in [1.807, 2.05) is 0 Å². The Balaban J connectivity index is 1.91. The lowest BCUT2D eigenvalue weighted by atomic mass is 9.91. The van der Waals surface area contributed by atoms with Crippen LogP contribution in [-0.2, 0) is 4.79 Å². The van der Waals surface area contributed by atoms with Crippen LogP contribution in [-0.4, -0.2) is 27.7 Å². The number of piperidine rings is 1. The summed E-state index contributed by atoms with van der Waals surface area (Å²) < 4.78 is 0. The van der Waals surface area contributed by atoms with E-state index < -0.39 is 5.72 Å². The predicted molar refractivity (Wildman–Crippen MR) is 67.3 cm³/mol. The van der Waals surface area contributed by atoms with Gasteiger partial charge in [-0.05, 0) is 31.8 Å². The zero-order valence-electron chi connectivity index (χ0n) is 10.7. The molecule has 2 aliphatic rings. The monoisotopic (exact) mass is 237 g/mol. The van der Waals surface area contributed by atoms with E-state index in [-0.39, 0.29) is 11.9 Å². The number of unbranched alkanes of at least 4 members (excludes halogenated alkanes) is 3. The molecule has 0 spiro atoms. The van der Waals surface area contributed by atoms with Crippen molar-refractivity contribution in [1.29, 1.82) is 0 Å². The number of nitrogens with zero attached hydrogens (tertiary/aromatic N) is 1. The normalized spacial score (nSPS) is 32.0. The summed E-state index contributed by atoms with van der Waals surface area (Å²) in [7, 11) is 0. The molecule has 0 radical (unpaired) electrons. The second-order valence-corrected chi connectivity index (χ2v) is 5.32. The van der Waals surface area contributed by atoms with Crippen molar-refractivity contribution in [2.75, 3.05) is 0 Å². The smallest absolute Gasteiger partial charge is 0.249 e. The second-order valence-electron chi connectivity index (χ2n) is 5.32. The first-order valence-electron chi connectivity index (χ1n) is 6.92. The van der Waals surface area contributed by atoms with Gasteiger partial charge in [-0.3, -0.25) is 4.79 Å². The van der Waals surface area contributed by atoms with Gasteiger partial charge < -0.3 is 10.0 Å². The van der Waals surface area contributed by atoms with Gasteiger partial charge in [0.1, 0.15) is 0 Å². The zero-order chi connectivity index (χ0) is 12.3. The molecule has 0 aromatic rings. The van der Waals surface area contributed by atoms with Gasteiger partial charge in [-0.2, -0.15) is 0 Å². The van der Waals surface area contributed by atoms with Crippen molar-refractivity contribution < 1.29 is 9.90 Å².